The number of benzene rings is 1. The Hall–Kier alpha value is -0.130. The Labute approximate surface area is 125 Å². The summed E-state index contributed by atoms with van der Waals surface area (Å²) in [7, 11) is -4.16. The van der Waals surface area contributed by atoms with Gasteiger partial charge in [-0.15, -0.1) is 12.6 Å². The Morgan fingerprint density at radius 2 is 1.88 bits per heavy atom. The fraction of sp³-hybridized carbons (Fsp3) is 0. The molecule has 7 nitrogen and oxygen atoms in total. The van der Waals surface area contributed by atoms with Gasteiger partial charge in [0.05, 0.1) is 15.9 Å². The van der Waals surface area contributed by atoms with E-state index in [4.69, 9.17) is 4.55 Å². The fourth-order valence-electron chi connectivity index (χ4n) is 1.13. The zero-order valence-electron chi connectivity index (χ0n) is 7.80. The van der Waals surface area contributed by atoms with Crippen molar-refractivity contribution in [3.8, 4) is 0 Å². The van der Waals surface area contributed by atoms with Crippen molar-refractivity contribution in [3.63, 3.8) is 0 Å². The van der Waals surface area contributed by atoms with Crippen LogP contribution in [-0.2, 0) is 10.1 Å². The van der Waals surface area contributed by atoms with E-state index in [1.54, 1.807) is 0 Å². The van der Waals surface area contributed by atoms with Crippen molar-refractivity contribution in [2.75, 3.05) is 0 Å². The van der Waals surface area contributed by atoms with Crippen molar-refractivity contribution < 1.29 is 23.9 Å². The number of fused-ring (bicyclic) bond motifs is 1. The Morgan fingerprint density at radius 3 is 2.41 bits per heavy atom. The Morgan fingerprint density at radius 1 is 1.29 bits per heavy atom. The summed E-state index contributed by atoms with van der Waals surface area (Å²) in [6.07, 6.45) is 0. The van der Waals surface area contributed by atoms with E-state index in [-0.39, 0.29) is 45.4 Å². The van der Waals surface area contributed by atoms with Crippen LogP contribution >= 0.6 is 12.6 Å². The van der Waals surface area contributed by atoms with Crippen molar-refractivity contribution >= 4 is 63.3 Å². The van der Waals surface area contributed by atoms with E-state index in [1.807, 2.05) is 0 Å². The maximum absolute atomic E-state index is 10.8. The molecule has 10 heteroatoms. The molecule has 0 saturated carbocycles. The minimum absolute atomic E-state index is 0. The van der Waals surface area contributed by atoms with E-state index < -0.39 is 10.1 Å². The molecule has 0 fully saturated rings. The first-order chi connectivity index (χ1) is 6.47. The third-order valence-electron chi connectivity index (χ3n) is 1.74. The summed E-state index contributed by atoms with van der Waals surface area (Å²) in [5, 5.41) is 0.396. The number of rotatable bonds is 1. The van der Waals surface area contributed by atoms with Gasteiger partial charge < -0.3 is 15.9 Å². The van der Waals surface area contributed by atoms with Gasteiger partial charge in [-0.3, -0.25) is 4.55 Å². The van der Waals surface area contributed by atoms with Gasteiger partial charge in [-0.1, -0.05) is 0 Å². The van der Waals surface area contributed by atoms with Crippen LogP contribution in [0.5, 0.6) is 0 Å². The van der Waals surface area contributed by atoms with Gasteiger partial charge in [0.1, 0.15) is 0 Å². The van der Waals surface area contributed by atoms with Crippen LogP contribution in [-0.4, -0.2) is 63.4 Å². The predicted molar refractivity (Wildman–Crippen MR) is 67.5 cm³/mol. The second-order valence-corrected chi connectivity index (χ2v) is 4.56. The summed E-state index contributed by atoms with van der Waals surface area (Å²) in [6, 6.07) is 4.09. The monoisotopic (exact) mass is 290 g/mol. The molecule has 0 bridgehead atoms. The van der Waals surface area contributed by atoms with Crippen LogP contribution in [0.15, 0.2) is 28.3 Å². The molecule has 0 aliphatic rings. The normalized spacial score (nSPS) is 10.0. The summed E-state index contributed by atoms with van der Waals surface area (Å²) < 4.78 is 30.3. The van der Waals surface area contributed by atoms with Gasteiger partial charge in [0.15, 0.2) is 5.16 Å². The molecular formula is C7H11N2NaO5S2. The van der Waals surface area contributed by atoms with Gasteiger partial charge in [-0.05, 0) is 18.2 Å². The summed E-state index contributed by atoms with van der Waals surface area (Å²) in [4.78, 5) is 6.56. The van der Waals surface area contributed by atoms with Crippen molar-refractivity contribution in [2.45, 2.75) is 10.1 Å². The van der Waals surface area contributed by atoms with Crippen molar-refractivity contribution in [1.82, 2.24) is 9.97 Å². The number of hydrogen-bond acceptors (Lipinski definition) is 4. The van der Waals surface area contributed by atoms with E-state index in [2.05, 4.69) is 22.6 Å². The summed E-state index contributed by atoms with van der Waals surface area (Å²) in [5.74, 6) is 0. The van der Waals surface area contributed by atoms with Crippen molar-refractivity contribution in [2.24, 2.45) is 0 Å². The van der Waals surface area contributed by atoms with Gasteiger partial charge >= 0.3 is 29.6 Å². The first-order valence-electron chi connectivity index (χ1n) is 3.63. The molecule has 0 saturated heterocycles. The van der Waals surface area contributed by atoms with Crippen LogP contribution in [0.3, 0.4) is 0 Å². The van der Waals surface area contributed by atoms with E-state index in [0.717, 1.165) is 0 Å². The van der Waals surface area contributed by atoms with Crippen LogP contribution in [0.25, 0.3) is 11.0 Å². The topological polar surface area (TPSA) is 146 Å². The second-order valence-electron chi connectivity index (χ2n) is 2.71. The summed E-state index contributed by atoms with van der Waals surface area (Å²) in [6.45, 7) is 0. The van der Waals surface area contributed by atoms with Crippen LogP contribution in [0, 0.1) is 0 Å². The Kier molecular flexibility index (Phi) is 7.58. The molecule has 92 valence electrons. The molecule has 0 atom stereocenters. The van der Waals surface area contributed by atoms with Crippen LogP contribution in [0.2, 0.25) is 0 Å². The molecule has 2 rings (SSSR count). The molecule has 1 aromatic carbocycles. The fourth-order valence-corrected chi connectivity index (χ4v) is 1.86. The molecule has 0 unspecified atom stereocenters. The first-order valence-corrected chi connectivity index (χ1v) is 5.52. The van der Waals surface area contributed by atoms with Gasteiger partial charge in [0.2, 0.25) is 0 Å². The molecule has 6 N–H and O–H groups in total. The third kappa shape index (κ3) is 4.23. The average molecular weight is 290 g/mol. The van der Waals surface area contributed by atoms with Crippen LogP contribution in [0.1, 0.15) is 0 Å². The molecule has 2 aromatic rings. The van der Waals surface area contributed by atoms with Gasteiger partial charge in [-0.25, -0.2) is 4.98 Å². The average Bonchev–Trinajstić information content (AvgIpc) is 2.41. The number of hydrogen-bond donors (Lipinski definition) is 3. The van der Waals surface area contributed by atoms with E-state index in [0.29, 0.717) is 16.2 Å². The number of aromatic amines is 1. The molecule has 0 amide bonds. The van der Waals surface area contributed by atoms with Gasteiger partial charge in [0, 0.05) is 0 Å². The second kappa shape index (κ2) is 6.71. The van der Waals surface area contributed by atoms with E-state index in [1.165, 1.54) is 18.2 Å². The SMILES string of the molecule is O.O.O=S(=O)(O)c1ccc2[nH]c(S)nc2c1.[NaH]. The van der Waals surface area contributed by atoms with E-state index >= 15 is 0 Å². The number of imidazole rings is 1. The first kappa shape index (κ1) is 19.2. The zero-order valence-corrected chi connectivity index (χ0v) is 9.51. The molecular weight excluding hydrogens is 279 g/mol. The van der Waals surface area contributed by atoms with Crippen molar-refractivity contribution in [1.29, 1.82) is 0 Å². The molecule has 17 heavy (non-hydrogen) atoms. The number of H-pyrrole nitrogens is 1. The number of aromatic nitrogens is 2. The Balaban J connectivity index is 0. The molecule has 1 heterocycles. The predicted octanol–water partition coefficient (Wildman–Crippen LogP) is -1.20. The van der Waals surface area contributed by atoms with Gasteiger partial charge in [-0.2, -0.15) is 8.42 Å². The summed E-state index contributed by atoms with van der Waals surface area (Å²) >= 11 is 3.97. The standard InChI is InChI=1S/C7H6N2O3S2.Na.2H2O.H/c10-14(11,12)4-1-2-5-6(3-4)9-7(13)8-5;;;;/h1-3H,(H2,8,9,13)(H,10,11,12);;2*1H2;. The third-order valence-corrected chi connectivity index (χ3v) is 2.80. The molecule has 0 aliphatic carbocycles. The number of nitrogens with zero attached hydrogens (tertiary/aromatic N) is 1. The number of thiol groups is 1. The van der Waals surface area contributed by atoms with Crippen LogP contribution < -0.4 is 0 Å². The zero-order chi connectivity index (χ0) is 10.3. The summed E-state index contributed by atoms with van der Waals surface area (Å²) in [5.41, 5.74) is 1.12. The molecule has 1 aromatic heterocycles. The van der Waals surface area contributed by atoms with Crippen LogP contribution in [0.4, 0.5) is 0 Å². The number of nitrogens with one attached hydrogen (secondary N) is 1. The maximum atomic E-state index is 10.8. The molecule has 0 spiro atoms. The minimum atomic E-state index is -4.16. The molecule has 0 radical (unpaired) electrons. The van der Waals surface area contributed by atoms with Crippen molar-refractivity contribution in [3.05, 3.63) is 18.2 Å². The quantitative estimate of drug-likeness (QED) is 0.344. The van der Waals surface area contributed by atoms with E-state index in [9.17, 15) is 8.42 Å². The molecule has 0 aliphatic heterocycles. The van der Waals surface area contributed by atoms with Gasteiger partial charge in [0.25, 0.3) is 10.1 Å². The Bertz CT molecular complexity index is 597.